The number of urea groups is 1. The molecule has 2 bridgehead atoms. The summed E-state index contributed by atoms with van der Waals surface area (Å²) >= 11 is 0. The van der Waals surface area contributed by atoms with Crippen molar-refractivity contribution in [3.05, 3.63) is 0 Å². The van der Waals surface area contributed by atoms with Gasteiger partial charge in [0.2, 0.25) is 0 Å². The van der Waals surface area contributed by atoms with E-state index >= 15 is 0 Å². The first kappa shape index (κ1) is 11.1. The van der Waals surface area contributed by atoms with Gasteiger partial charge >= 0.3 is 6.03 Å². The third-order valence-electron chi connectivity index (χ3n) is 4.39. The lowest BCUT2D eigenvalue weighted by molar-refractivity contribution is -0.125. The van der Waals surface area contributed by atoms with Gasteiger partial charge in [0.05, 0.1) is 0 Å². The molecule has 0 aromatic heterocycles. The van der Waals surface area contributed by atoms with E-state index < -0.39 is 0 Å². The first-order chi connectivity index (χ1) is 8.25. The van der Waals surface area contributed by atoms with E-state index in [1.807, 2.05) is 9.80 Å². The van der Waals surface area contributed by atoms with E-state index in [0.29, 0.717) is 18.6 Å². The highest BCUT2D eigenvalue weighted by molar-refractivity contribution is 5.84. The van der Waals surface area contributed by atoms with E-state index in [2.05, 4.69) is 0 Å². The molecule has 0 saturated carbocycles. The Morgan fingerprint density at radius 2 is 1.59 bits per heavy atom. The summed E-state index contributed by atoms with van der Waals surface area (Å²) in [5.41, 5.74) is 0. The van der Waals surface area contributed by atoms with Crippen molar-refractivity contribution >= 4 is 11.8 Å². The van der Waals surface area contributed by atoms with Gasteiger partial charge in [-0.1, -0.05) is 0 Å². The number of hydrogen-bond donors (Lipinski definition) is 0. The summed E-state index contributed by atoms with van der Waals surface area (Å²) in [7, 11) is 0. The molecule has 3 saturated heterocycles. The van der Waals surface area contributed by atoms with Crippen molar-refractivity contribution in [1.29, 1.82) is 0 Å². The molecule has 2 atom stereocenters. The summed E-state index contributed by atoms with van der Waals surface area (Å²) < 4.78 is 0. The molecule has 3 aliphatic rings. The molecule has 0 aromatic rings. The van der Waals surface area contributed by atoms with Crippen molar-refractivity contribution in [1.82, 2.24) is 9.80 Å². The number of carbonyl (C=O) groups excluding carboxylic acids is 2. The molecule has 0 spiro atoms. The Morgan fingerprint density at radius 3 is 2.18 bits per heavy atom. The molecule has 3 rings (SSSR count). The van der Waals surface area contributed by atoms with E-state index in [-0.39, 0.29) is 18.1 Å². The average molecular weight is 236 g/mol. The number of carbonyl (C=O) groups is 2. The van der Waals surface area contributed by atoms with Gasteiger partial charge in [0.25, 0.3) is 0 Å². The van der Waals surface area contributed by atoms with Gasteiger partial charge in [0, 0.05) is 38.0 Å². The third kappa shape index (κ3) is 1.94. The SMILES string of the molecule is O=C1CC2CCCC(C1)N2C(=O)N1CCCC1. The van der Waals surface area contributed by atoms with Crippen molar-refractivity contribution in [3.8, 4) is 0 Å². The number of amides is 2. The second-order valence-electron chi connectivity index (χ2n) is 5.57. The number of hydrogen-bond acceptors (Lipinski definition) is 2. The summed E-state index contributed by atoms with van der Waals surface area (Å²) in [5, 5.41) is 0. The molecule has 3 aliphatic heterocycles. The molecule has 0 aliphatic carbocycles. The third-order valence-corrected chi connectivity index (χ3v) is 4.39. The van der Waals surface area contributed by atoms with Crippen LogP contribution in [0.25, 0.3) is 0 Å². The topological polar surface area (TPSA) is 40.6 Å². The van der Waals surface area contributed by atoms with Gasteiger partial charge in [-0.15, -0.1) is 0 Å². The highest BCUT2D eigenvalue weighted by Gasteiger charge is 2.41. The largest absolute Gasteiger partial charge is 0.325 e. The second-order valence-corrected chi connectivity index (χ2v) is 5.57. The first-order valence-electron chi connectivity index (χ1n) is 6.84. The molecule has 2 unspecified atom stereocenters. The number of ketones is 1. The zero-order valence-electron chi connectivity index (χ0n) is 10.2. The van der Waals surface area contributed by atoms with E-state index in [1.54, 1.807) is 0 Å². The number of fused-ring (bicyclic) bond motifs is 2. The minimum atomic E-state index is 0.197. The summed E-state index contributed by atoms with van der Waals surface area (Å²) in [4.78, 5) is 28.1. The van der Waals surface area contributed by atoms with Crippen LogP contribution in [0.15, 0.2) is 0 Å². The Kier molecular flexibility index (Phi) is 2.81. The van der Waals surface area contributed by atoms with Crippen LogP contribution in [0, 0.1) is 0 Å². The van der Waals surface area contributed by atoms with Crippen molar-refractivity contribution in [2.45, 2.75) is 57.0 Å². The fraction of sp³-hybridized carbons (Fsp3) is 0.846. The van der Waals surface area contributed by atoms with E-state index in [4.69, 9.17) is 0 Å². The Morgan fingerprint density at radius 1 is 1.00 bits per heavy atom. The van der Waals surface area contributed by atoms with Crippen LogP contribution in [0.5, 0.6) is 0 Å². The van der Waals surface area contributed by atoms with Crippen LogP contribution < -0.4 is 0 Å². The normalized spacial score (nSPS) is 33.1. The molecule has 3 fully saturated rings. The van der Waals surface area contributed by atoms with Crippen LogP contribution in [0.1, 0.15) is 44.9 Å². The van der Waals surface area contributed by atoms with E-state index in [9.17, 15) is 9.59 Å². The number of likely N-dealkylation sites (tertiary alicyclic amines) is 1. The van der Waals surface area contributed by atoms with Crippen LogP contribution in [-0.4, -0.2) is 46.8 Å². The predicted molar refractivity (Wildman–Crippen MR) is 63.7 cm³/mol. The Hall–Kier alpha value is -1.06. The van der Waals surface area contributed by atoms with Gasteiger partial charge in [0.15, 0.2) is 0 Å². The van der Waals surface area contributed by atoms with Crippen LogP contribution in [0.4, 0.5) is 4.79 Å². The standard InChI is InChI=1S/C13H20N2O2/c16-12-8-10-4-3-5-11(9-12)15(10)13(17)14-6-1-2-7-14/h10-11H,1-9H2. The predicted octanol–water partition coefficient (Wildman–Crippen LogP) is 1.79. The van der Waals surface area contributed by atoms with Crippen LogP contribution >= 0.6 is 0 Å². The van der Waals surface area contributed by atoms with Crippen molar-refractivity contribution in [3.63, 3.8) is 0 Å². The summed E-state index contributed by atoms with van der Waals surface area (Å²) in [6, 6.07) is 0.593. The van der Waals surface area contributed by atoms with E-state index in [0.717, 1.165) is 38.8 Å². The summed E-state index contributed by atoms with van der Waals surface area (Å²) in [5.74, 6) is 0.352. The molecule has 94 valence electrons. The van der Waals surface area contributed by atoms with Crippen molar-refractivity contribution in [2.75, 3.05) is 13.1 Å². The van der Waals surface area contributed by atoms with Gasteiger partial charge in [0.1, 0.15) is 5.78 Å². The lowest BCUT2D eigenvalue weighted by Crippen LogP contribution is -2.58. The maximum absolute atomic E-state index is 12.5. The molecular formula is C13H20N2O2. The molecule has 3 heterocycles. The molecule has 0 aromatic carbocycles. The van der Waals surface area contributed by atoms with Gasteiger partial charge in [-0.2, -0.15) is 0 Å². The highest BCUT2D eigenvalue weighted by atomic mass is 16.2. The second kappa shape index (κ2) is 4.31. The number of nitrogens with zero attached hydrogens (tertiary/aromatic N) is 2. The molecular weight excluding hydrogens is 216 g/mol. The zero-order valence-corrected chi connectivity index (χ0v) is 10.2. The average Bonchev–Trinajstić information content (AvgIpc) is 2.80. The lowest BCUT2D eigenvalue weighted by atomic mass is 9.84. The summed E-state index contributed by atoms with van der Waals surface area (Å²) in [6.45, 7) is 1.81. The minimum Gasteiger partial charge on any atom is -0.325 e. The fourth-order valence-corrected chi connectivity index (χ4v) is 3.56. The Labute approximate surface area is 102 Å². The van der Waals surface area contributed by atoms with Gasteiger partial charge in [-0.05, 0) is 32.1 Å². The molecule has 2 amide bonds. The smallest absolute Gasteiger partial charge is 0.320 e. The monoisotopic (exact) mass is 236 g/mol. The molecule has 17 heavy (non-hydrogen) atoms. The number of piperidine rings is 2. The Balaban J connectivity index is 1.76. The van der Waals surface area contributed by atoms with Gasteiger partial charge in [-0.25, -0.2) is 4.79 Å². The van der Waals surface area contributed by atoms with E-state index in [1.165, 1.54) is 6.42 Å². The number of rotatable bonds is 0. The van der Waals surface area contributed by atoms with Crippen molar-refractivity contribution < 1.29 is 9.59 Å². The maximum Gasteiger partial charge on any atom is 0.320 e. The van der Waals surface area contributed by atoms with Crippen LogP contribution in [-0.2, 0) is 4.79 Å². The molecule has 0 radical (unpaired) electrons. The summed E-state index contributed by atoms with van der Waals surface area (Å²) in [6.07, 6.45) is 6.66. The van der Waals surface area contributed by atoms with Gasteiger partial charge in [-0.3, -0.25) is 4.79 Å². The fourth-order valence-electron chi connectivity index (χ4n) is 3.56. The molecule has 0 N–H and O–H groups in total. The molecule has 4 heteroatoms. The Bertz CT molecular complexity index is 320. The van der Waals surface area contributed by atoms with Crippen molar-refractivity contribution in [2.24, 2.45) is 0 Å². The lowest BCUT2D eigenvalue weighted by Gasteiger charge is -2.46. The van der Waals surface area contributed by atoms with Gasteiger partial charge < -0.3 is 9.80 Å². The van der Waals surface area contributed by atoms with Crippen LogP contribution in [0.2, 0.25) is 0 Å². The maximum atomic E-state index is 12.5. The quantitative estimate of drug-likeness (QED) is 0.643. The molecule has 4 nitrogen and oxygen atoms in total. The zero-order chi connectivity index (χ0) is 11.8. The number of Topliss-reactive ketones (excluding diaryl/α,β-unsaturated/α-hetero) is 1. The van der Waals surface area contributed by atoms with Crippen LogP contribution in [0.3, 0.4) is 0 Å². The highest BCUT2D eigenvalue weighted by Crippen LogP contribution is 2.33. The first-order valence-corrected chi connectivity index (χ1v) is 6.84. The minimum absolute atomic E-state index is 0.197.